The summed E-state index contributed by atoms with van der Waals surface area (Å²) in [5, 5.41) is 8.40. The molecule has 2 aliphatic heterocycles. The van der Waals surface area contributed by atoms with Gasteiger partial charge in [-0.1, -0.05) is 80.6 Å². The van der Waals surface area contributed by atoms with Gasteiger partial charge in [0.1, 0.15) is 23.9 Å². The number of hydrogen-bond acceptors (Lipinski definition) is 8. The molecule has 298 valence electrons. The standard InChI is InChI=1S/C43H49N7O7/c1-25(2)35(47-42(54)56-3)41(53)50-32-21-18-30(23-32)37(50)39(51)45-31-19-16-27(17-20-31)26-12-14-28(15-13-26)33-24-44-38(46-33)34-11-8-22-49(34)40(52)36(48-43(55)57-4)29-9-6-5-7-10-29/h5-7,9-10,12-17,19-20,24-25,30,32,34-37H,8,11,18,21-23H2,1-4H3,(H,44,46)(H,45,51)(H,47,54)(H,48,55)/t30-,32+,34-,35-,36+,37?/m0/s1. The lowest BCUT2D eigenvalue weighted by Gasteiger charge is -2.37. The maximum absolute atomic E-state index is 13.9. The molecule has 6 atom stereocenters. The van der Waals surface area contributed by atoms with Gasteiger partial charge in [-0.25, -0.2) is 14.6 Å². The number of aromatic nitrogens is 2. The highest BCUT2D eigenvalue weighted by atomic mass is 16.5. The lowest BCUT2D eigenvalue weighted by molar-refractivity contribution is -0.143. The molecule has 2 bridgehead atoms. The maximum Gasteiger partial charge on any atom is 0.407 e. The zero-order chi connectivity index (χ0) is 40.2. The number of carbonyl (C=O) groups excluding carboxylic acids is 5. The number of nitrogens with zero attached hydrogens (tertiary/aromatic N) is 3. The average Bonchev–Trinajstić information content (AvgIpc) is 4.07. The van der Waals surface area contributed by atoms with Crippen LogP contribution in [0, 0.1) is 11.8 Å². The van der Waals surface area contributed by atoms with Crippen molar-refractivity contribution in [1.82, 2.24) is 30.4 Å². The number of nitrogens with one attached hydrogen (secondary N) is 4. The Morgan fingerprint density at radius 3 is 2.11 bits per heavy atom. The molecule has 4 aromatic rings. The van der Waals surface area contributed by atoms with Crippen LogP contribution in [0.2, 0.25) is 0 Å². The van der Waals surface area contributed by atoms with Gasteiger partial charge >= 0.3 is 12.2 Å². The van der Waals surface area contributed by atoms with Crippen LogP contribution in [0.4, 0.5) is 15.3 Å². The van der Waals surface area contributed by atoms with Crippen molar-refractivity contribution in [3.05, 3.63) is 96.4 Å². The van der Waals surface area contributed by atoms with Crippen molar-refractivity contribution in [2.75, 3.05) is 26.1 Å². The minimum Gasteiger partial charge on any atom is -0.453 e. The van der Waals surface area contributed by atoms with E-state index in [0.717, 1.165) is 54.5 Å². The number of likely N-dealkylation sites (tertiary alicyclic amines) is 2. The highest BCUT2D eigenvalue weighted by molar-refractivity contribution is 5.99. The van der Waals surface area contributed by atoms with Gasteiger partial charge in [-0.15, -0.1) is 0 Å². The summed E-state index contributed by atoms with van der Waals surface area (Å²) in [4.78, 5) is 77.2. The lowest BCUT2D eigenvalue weighted by atomic mass is 9.95. The first-order chi connectivity index (χ1) is 27.6. The van der Waals surface area contributed by atoms with Gasteiger partial charge < -0.3 is 40.2 Å². The van der Waals surface area contributed by atoms with E-state index in [-0.39, 0.29) is 41.6 Å². The second-order valence-electron chi connectivity index (χ2n) is 15.3. The second-order valence-corrected chi connectivity index (χ2v) is 15.3. The van der Waals surface area contributed by atoms with Crippen molar-refractivity contribution >= 4 is 35.6 Å². The Kier molecular flexibility index (Phi) is 11.6. The summed E-state index contributed by atoms with van der Waals surface area (Å²) < 4.78 is 9.57. The third-order valence-electron chi connectivity index (χ3n) is 11.4. The molecule has 14 heteroatoms. The number of fused-ring (bicyclic) bond motifs is 2. The molecule has 7 rings (SSSR count). The number of amides is 5. The Bertz CT molecular complexity index is 2090. The summed E-state index contributed by atoms with van der Waals surface area (Å²) >= 11 is 0. The Hall–Kier alpha value is -6.18. The molecular weight excluding hydrogens is 727 g/mol. The summed E-state index contributed by atoms with van der Waals surface area (Å²) in [6.45, 7) is 4.26. The number of benzene rings is 3. The quantitative estimate of drug-likeness (QED) is 0.139. The molecule has 1 saturated carbocycles. The summed E-state index contributed by atoms with van der Waals surface area (Å²) in [6, 6.07) is 22.1. The molecule has 0 spiro atoms. The molecule has 5 amide bonds. The van der Waals surface area contributed by atoms with Crippen LogP contribution in [0.1, 0.15) is 69.4 Å². The molecule has 3 aliphatic rings. The minimum atomic E-state index is -0.893. The Morgan fingerprint density at radius 1 is 0.789 bits per heavy atom. The van der Waals surface area contributed by atoms with E-state index in [9.17, 15) is 24.0 Å². The maximum atomic E-state index is 13.9. The smallest absolute Gasteiger partial charge is 0.407 e. The van der Waals surface area contributed by atoms with Crippen LogP contribution in [0.5, 0.6) is 0 Å². The van der Waals surface area contributed by atoms with Crippen molar-refractivity contribution in [2.45, 2.75) is 76.2 Å². The van der Waals surface area contributed by atoms with Crippen molar-refractivity contribution in [1.29, 1.82) is 0 Å². The fourth-order valence-electron chi connectivity index (χ4n) is 8.54. The Balaban J connectivity index is 0.999. The van der Waals surface area contributed by atoms with Crippen LogP contribution < -0.4 is 16.0 Å². The summed E-state index contributed by atoms with van der Waals surface area (Å²) in [5.41, 5.74) is 4.88. The zero-order valence-electron chi connectivity index (χ0n) is 32.6. The van der Waals surface area contributed by atoms with Gasteiger partial charge in [-0.2, -0.15) is 0 Å². The van der Waals surface area contributed by atoms with Crippen LogP contribution >= 0.6 is 0 Å². The van der Waals surface area contributed by atoms with Crippen LogP contribution in [0.3, 0.4) is 0 Å². The number of H-pyrrole nitrogens is 1. The third-order valence-corrected chi connectivity index (χ3v) is 11.4. The van der Waals surface area contributed by atoms with E-state index in [0.29, 0.717) is 23.6 Å². The van der Waals surface area contributed by atoms with Crippen LogP contribution in [-0.2, 0) is 23.9 Å². The minimum absolute atomic E-state index is 0.0338. The van der Waals surface area contributed by atoms with Crippen LogP contribution in [-0.4, -0.2) is 88.6 Å². The molecule has 57 heavy (non-hydrogen) atoms. The fourth-order valence-corrected chi connectivity index (χ4v) is 8.54. The van der Waals surface area contributed by atoms with Crippen LogP contribution in [0.15, 0.2) is 85.1 Å². The number of alkyl carbamates (subject to hydrolysis) is 2. The van der Waals surface area contributed by atoms with Crippen molar-refractivity contribution < 1.29 is 33.4 Å². The molecule has 0 radical (unpaired) electrons. The monoisotopic (exact) mass is 775 g/mol. The van der Waals surface area contributed by atoms with Crippen molar-refractivity contribution in [3.8, 4) is 22.4 Å². The number of methoxy groups -OCH3 is 2. The summed E-state index contributed by atoms with van der Waals surface area (Å²) in [6.07, 6.45) is 4.51. The topological polar surface area (TPSA) is 175 Å². The molecule has 2 saturated heterocycles. The van der Waals surface area contributed by atoms with Gasteiger partial charge in [0.05, 0.1) is 26.0 Å². The molecule has 1 unspecified atom stereocenters. The van der Waals surface area contributed by atoms with Gasteiger partial charge in [0.25, 0.3) is 5.91 Å². The number of aromatic amines is 1. The zero-order valence-corrected chi connectivity index (χ0v) is 32.6. The number of rotatable bonds is 11. The first kappa shape index (κ1) is 39.1. The number of imidazole rings is 1. The Morgan fingerprint density at radius 2 is 1.44 bits per heavy atom. The van der Waals surface area contributed by atoms with Gasteiger partial charge in [0, 0.05) is 30.0 Å². The van der Waals surface area contributed by atoms with Crippen molar-refractivity contribution in [2.24, 2.45) is 11.8 Å². The molecule has 1 aromatic heterocycles. The average molecular weight is 776 g/mol. The third kappa shape index (κ3) is 8.21. The van der Waals surface area contributed by atoms with Gasteiger partial charge in [-0.05, 0) is 72.8 Å². The number of carbonyl (C=O) groups is 5. The Labute approximate surface area is 331 Å². The number of hydrogen-bond donors (Lipinski definition) is 4. The van der Waals surface area contributed by atoms with Crippen LogP contribution in [0.25, 0.3) is 22.4 Å². The molecular formula is C43H49N7O7. The SMILES string of the molecule is COC(=O)N[C@H](C(=O)N1C(C(=O)Nc2ccc(-c3ccc(-c4c[nH]c([C@@H]5CCCN5C(=O)[C@H](NC(=O)OC)c5ccccc5)n4)cc3)cc2)[C@H]2CC[C@@H]1C2)C(C)C. The predicted octanol–water partition coefficient (Wildman–Crippen LogP) is 6.20. The predicted molar refractivity (Wildman–Crippen MR) is 212 cm³/mol. The highest BCUT2D eigenvalue weighted by Crippen LogP contribution is 2.43. The number of piperidine rings is 1. The molecule has 4 N–H and O–H groups in total. The van der Waals surface area contributed by atoms with E-state index < -0.39 is 30.3 Å². The largest absolute Gasteiger partial charge is 0.453 e. The lowest BCUT2D eigenvalue weighted by Crippen LogP contribution is -2.58. The van der Waals surface area contributed by atoms with Gasteiger partial charge in [0.15, 0.2) is 0 Å². The normalized spacial score (nSPS) is 20.9. The van der Waals surface area contributed by atoms with E-state index in [2.05, 4.69) is 20.9 Å². The molecule has 3 fully saturated rings. The van der Waals surface area contributed by atoms with Gasteiger partial charge in [0.2, 0.25) is 11.8 Å². The fraction of sp³-hybridized carbons (Fsp3) is 0.395. The first-order valence-electron chi connectivity index (χ1n) is 19.5. The second kappa shape index (κ2) is 16.9. The van der Waals surface area contributed by atoms with Crippen molar-refractivity contribution in [3.63, 3.8) is 0 Å². The molecule has 1 aliphatic carbocycles. The molecule has 3 aromatic carbocycles. The van der Waals surface area contributed by atoms with E-state index in [1.807, 2.05) is 86.8 Å². The molecule has 3 heterocycles. The molecule has 14 nitrogen and oxygen atoms in total. The summed E-state index contributed by atoms with van der Waals surface area (Å²) in [5.74, 6) is -0.158. The summed E-state index contributed by atoms with van der Waals surface area (Å²) in [7, 11) is 2.53. The number of ether oxygens (including phenoxy) is 2. The number of anilines is 1. The van der Waals surface area contributed by atoms with E-state index in [1.165, 1.54) is 14.2 Å². The van der Waals surface area contributed by atoms with Gasteiger partial charge in [-0.3, -0.25) is 14.4 Å². The first-order valence-corrected chi connectivity index (χ1v) is 19.5. The van der Waals surface area contributed by atoms with E-state index in [1.54, 1.807) is 21.9 Å². The highest BCUT2D eigenvalue weighted by Gasteiger charge is 2.52. The van der Waals surface area contributed by atoms with E-state index in [4.69, 9.17) is 14.5 Å². The van der Waals surface area contributed by atoms with E-state index >= 15 is 0 Å².